The lowest BCUT2D eigenvalue weighted by Gasteiger charge is -2.19. The number of nitrogens with two attached hydrogens (primary N) is 1. The van der Waals surface area contributed by atoms with E-state index in [0.717, 1.165) is 5.75 Å². The van der Waals surface area contributed by atoms with E-state index < -0.39 is 0 Å². The minimum absolute atomic E-state index is 0.111. The van der Waals surface area contributed by atoms with Gasteiger partial charge in [-0.15, -0.1) is 10.2 Å². The number of nitrogen functional groups attached to an aromatic ring is 1. The maximum Gasteiger partial charge on any atom is 0.211 e. The predicted octanol–water partition coefficient (Wildman–Crippen LogP) is 2.87. The summed E-state index contributed by atoms with van der Waals surface area (Å²) in [5, 5.41) is 17.1. The van der Waals surface area contributed by atoms with Crippen LogP contribution in [0.25, 0.3) is 0 Å². The van der Waals surface area contributed by atoms with Gasteiger partial charge < -0.3 is 10.6 Å². The van der Waals surface area contributed by atoms with Crippen molar-refractivity contribution >= 4 is 11.8 Å². The first-order valence-electron chi connectivity index (χ1n) is 7.30. The van der Waals surface area contributed by atoms with E-state index in [1.54, 1.807) is 6.92 Å². The van der Waals surface area contributed by atoms with Crippen LogP contribution in [0.4, 0.5) is 0 Å². The molecule has 1 atom stereocenters. The molecule has 1 heterocycles. The van der Waals surface area contributed by atoms with Crippen molar-refractivity contribution in [3.05, 3.63) is 35.7 Å². The van der Waals surface area contributed by atoms with Crippen molar-refractivity contribution in [2.24, 2.45) is 0 Å². The standard InChI is InChI=1S/C16H21N5OS/c1-11(9-17)23-15-20-19-14(21(15)18)10-22-13-7-5-12(6-8-13)16(2,3)4/h5-8,11H,10,18H2,1-4H3/t11-/m1/s1. The van der Waals surface area contributed by atoms with Crippen LogP contribution in [0.2, 0.25) is 0 Å². The highest BCUT2D eigenvalue weighted by molar-refractivity contribution is 8.00. The molecule has 0 saturated carbocycles. The molecule has 6 nitrogen and oxygen atoms in total. The zero-order chi connectivity index (χ0) is 17.0. The predicted molar refractivity (Wildman–Crippen MR) is 90.6 cm³/mol. The first kappa shape index (κ1) is 17.2. The third kappa shape index (κ3) is 4.39. The number of hydrogen-bond acceptors (Lipinski definition) is 6. The fourth-order valence-corrected chi connectivity index (χ4v) is 2.55. The van der Waals surface area contributed by atoms with Crippen LogP contribution in [0.3, 0.4) is 0 Å². The van der Waals surface area contributed by atoms with Crippen LogP contribution < -0.4 is 10.6 Å². The molecule has 122 valence electrons. The number of ether oxygens (including phenoxy) is 1. The summed E-state index contributed by atoms with van der Waals surface area (Å²) in [6.45, 7) is 8.51. The van der Waals surface area contributed by atoms with Crippen molar-refractivity contribution in [1.82, 2.24) is 14.9 Å². The summed E-state index contributed by atoms with van der Waals surface area (Å²) in [6.07, 6.45) is 0. The van der Waals surface area contributed by atoms with Crippen LogP contribution in [0.15, 0.2) is 29.4 Å². The van der Waals surface area contributed by atoms with E-state index in [-0.39, 0.29) is 17.3 Å². The van der Waals surface area contributed by atoms with Gasteiger partial charge in [0.15, 0.2) is 5.82 Å². The molecular weight excluding hydrogens is 310 g/mol. The fraction of sp³-hybridized carbons (Fsp3) is 0.438. The number of nitrogens with zero attached hydrogens (tertiary/aromatic N) is 4. The molecule has 2 N–H and O–H groups in total. The first-order chi connectivity index (χ1) is 10.8. The van der Waals surface area contributed by atoms with Gasteiger partial charge in [-0.1, -0.05) is 44.7 Å². The van der Waals surface area contributed by atoms with Gasteiger partial charge in [0.05, 0.1) is 11.3 Å². The Morgan fingerprint density at radius 2 is 1.96 bits per heavy atom. The van der Waals surface area contributed by atoms with E-state index in [9.17, 15) is 0 Å². The zero-order valence-electron chi connectivity index (χ0n) is 13.8. The first-order valence-corrected chi connectivity index (χ1v) is 8.18. The number of nitriles is 1. The van der Waals surface area contributed by atoms with Crippen molar-refractivity contribution in [2.45, 2.75) is 50.1 Å². The molecule has 1 aromatic carbocycles. The average molecular weight is 331 g/mol. The molecule has 7 heteroatoms. The van der Waals surface area contributed by atoms with Gasteiger partial charge in [-0.25, -0.2) is 4.68 Å². The van der Waals surface area contributed by atoms with E-state index in [0.29, 0.717) is 11.0 Å². The minimum Gasteiger partial charge on any atom is -0.486 e. The number of aromatic nitrogens is 3. The molecule has 0 saturated heterocycles. The Morgan fingerprint density at radius 3 is 2.52 bits per heavy atom. The summed E-state index contributed by atoms with van der Waals surface area (Å²) in [5.74, 6) is 7.20. The smallest absolute Gasteiger partial charge is 0.211 e. The summed E-state index contributed by atoms with van der Waals surface area (Å²) in [6, 6.07) is 10.1. The molecule has 2 aromatic rings. The number of thioether (sulfide) groups is 1. The maximum atomic E-state index is 8.83. The van der Waals surface area contributed by atoms with Crippen LogP contribution in [-0.2, 0) is 12.0 Å². The highest BCUT2D eigenvalue weighted by Gasteiger charge is 2.15. The molecule has 0 aliphatic heterocycles. The molecule has 1 aromatic heterocycles. The van der Waals surface area contributed by atoms with Gasteiger partial charge >= 0.3 is 0 Å². The highest BCUT2D eigenvalue weighted by atomic mass is 32.2. The summed E-state index contributed by atoms with van der Waals surface area (Å²) in [5.41, 5.74) is 1.36. The van der Waals surface area contributed by atoms with Gasteiger partial charge in [0.1, 0.15) is 12.4 Å². The van der Waals surface area contributed by atoms with E-state index in [1.165, 1.54) is 22.0 Å². The van der Waals surface area contributed by atoms with Crippen LogP contribution in [0.5, 0.6) is 5.75 Å². The topological polar surface area (TPSA) is 89.8 Å². The molecule has 23 heavy (non-hydrogen) atoms. The minimum atomic E-state index is -0.236. The molecule has 0 fully saturated rings. The molecular formula is C16H21N5OS. The third-order valence-electron chi connectivity index (χ3n) is 3.29. The Hall–Kier alpha value is -2.20. The summed E-state index contributed by atoms with van der Waals surface area (Å²) in [7, 11) is 0. The second-order valence-corrected chi connectivity index (χ2v) is 7.53. The average Bonchev–Trinajstić information content (AvgIpc) is 2.85. The number of benzene rings is 1. The van der Waals surface area contributed by atoms with Crippen LogP contribution in [-0.4, -0.2) is 20.1 Å². The molecule has 0 bridgehead atoms. The Kier molecular flexibility index (Phi) is 5.16. The SMILES string of the molecule is C[C@H](C#N)Sc1nnc(COc2ccc(C(C)(C)C)cc2)n1N. The largest absolute Gasteiger partial charge is 0.486 e. The summed E-state index contributed by atoms with van der Waals surface area (Å²) < 4.78 is 7.07. The Morgan fingerprint density at radius 1 is 1.30 bits per heavy atom. The van der Waals surface area contributed by atoms with Gasteiger partial charge in [-0.05, 0) is 30.0 Å². The van der Waals surface area contributed by atoms with Crippen molar-refractivity contribution < 1.29 is 4.74 Å². The molecule has 0 amide bonds. The quantitative estimate of drug-likeness (QED) is 0.669. The van der Waals surface area contributed by atoms with E-state index in [1.807, 2.05) is 12.1 Å². The second-order valence-electron chi connectivity index (χ2n) is 6.22. The molecule has 0 unspecified atom stereocenters. The Labute approximate surface area is 140 Å². The lowest BCUT2D eigenvalue weighted by molar-refractivity contribution is 0.291. The molecule has 2 rings (SSSR count). The summed E-state index contributed by atoms with van der Waals surface area (Å²) in [4.78, 5) is 0. The third-order valence-corrected chi connectivity index (χ3v) is 4.24. The van der Waals surface area contributed by atoms with Crippen molar-refractivity contribution in [3.8, 4) is 11.8 Å². The lowest BCUT2D eigenvalue weighted by Crippen LogP contribution is -2.16. The Balaban J connectivity index is 2.00. The maximum absolute atomic E-state index is 8.83. The molecule has 0 aliphatic carbocycles. The Bertz CT molecular complexity index is 697. The van der Waals surface area contributed by atoms with Gasteiger partial charge in [0.2, 0.25) is 5.16 Å². The second kappa shape index (κ2) is 6.92. The van der Waals surface area contributed by atoms with Gasteiger partial charge in [-0.3, -0.25) is 0 Å². The van der Waals surface area contributed by atoms with E-state index in [2.05, 4.69) is 49.2 Å². The lowest BCUT2D eigenvalue weighted by atomic mass is 9.87. The normalized spacial score (nSPS) is 12.7. The van der Waals surface area contributed by atoms with Crippen molar-refractivity contribution in [2.75, 3.05) is 5.84 Å². The zero-order valence-corrected chi connectivity index (χ0v) is 14.6. The van der Waals surface area contributed by atoms with Gasteiger partial charge in [0.25, 0.3) is 0 Å². The fourth-order valence-electron chi connectivity index (χ4n) is 1.87. The van der Waals surface area contributed by atoms with Crippen molar-refractivity contribution in [3.63, 3.8) is 0 Å². The number of rotatable bonds is 5. The highest BCUT2D eigenvalue weighted by Crippen LogP contribution is 2.25. The van der Waals surface area contributed by atoms with E-state index >= 15 is 0 Å². The van der Waals surface area contributed by atoms with Crippen LogP contribution >= 0.6 is 11.8 Å². The van der Waals surface area contributed by atoms with Gasteiger partial charge in [-0.2, -0.15) is 5.26 Å². The van der Waals surface area contributed by atoms with E-state index in [4.69, 9.17) is 15.8 Å². The summed E-state index contributed by atoms with van der Waals surface area (Å²) >= 11 is 1.27. The van der Waals surface area contributed by atoms with Gasteiger partial charge in [0, 0.05) is 0 Å². The van der Waals surface area contributed by atoms with Crippen molar-refractivity contribution in [1.29, 1.82) is 5.26 Å². The molecule has 0 radical (unpaired) electrons. The number of hydrogen-bond donors (Lipinski definition) is 1. The van der Waals surface area contributed by atoms with Crippen LogP contribution in [0, 0.1) is 11.3 Å². The molecule has 0 spiro atoms. The molecule has 0 aliphatic rings. The van der Waals surface area contributed by atoms with Crippen LogP contribution in [0.1, 0.15) is 39.1 Å². The monoisotopic (exact) mass is 331 g/mol.